The highest BCUT2D eigenvalue weighted by Gasteiger charge is 2.10. The van der Waals surface area contributed by atoms with Crippen molar-refractivity contribution in [1.82, 2.24) is 19.9 Å². The second-order valence-corrected chi connectivity index (χ2v) is 5.91. The number of aryl methyl sites for hydroxylation is 2. The number of hydrogen-bond acceptors (Lipinski definition) is 5. The lowest BCUT2D eigenvalue weighted by molar-refractivity contribution is 1.18. The summed E-state index contributed by atoms with van der Waals surface area (Å²) in [6.45, 7) is 4.00. The number of hydrogen-bond donors (Lipinski definition) is 1. The maximum Gasteiger partial charge on any atom is 0.161 e. The molecule has 0 aliphatic carbocycles. The lowest BCUT2D eigenvalue weighted by Crippen LogP contribution is -1.98. The van der Waals surface area contributed by atoms with Crippen LogP contribution in [0.4, 0.5) is 11.4 Å². The first-order valence-corrected chi connectivity index (χ1v) is 8.08. The molecule has 0 amide bonds. The Morgan fingerprint density at radius 1 is 0.840 bits per heavy atom. The van der Waals surface area contributed by atoms with E-state index in [1.807, 2.05) is 62.5 Å². The topological polar surface area (TPSA) is 63.6 Å². The summed E-state index contributed by atoms with van der Waals surface area (Å²) in [4.78, 5) is 17.8. The van der Waals surface area contributed by atoms with Crippen LogP contribution in [0, 0.1) is 13.8 Å². The predicted molar refractivity (Wildman–Crippen MR) is 99.8 cm³/mol. The summed E-state index contributed by atoms with van der Waals surface area (Å²) in [5, 5.41) is 4.46. The number of aromatic nitrogens is 4. The van der Waals surface area contributed by atoms with Gasteiger partial charge in [0, 0.05) is 35.4 Å². The first-order chi connectivity index (χ1) is 12.2. The molecular formula is C20H17N5. The van der Waals surface area contributed by atoms with E-state index in [9.17, 15) is 0 Å². The Balaban J connectivity index is 1.89. The number of rotatable bonds is 3. The Morgan fingerprint density at radius 2 is 1.76 bits per heavy atom. The second kappa shape index (κ2) is 6.28. The van der Waals surface area contributed by atoms with Gasteiger partial charge in [-0.05, 0) is 55.8 Å². The normalized spacial score (nSPS) is 10.8. The summed E-state index contributed by atoms with van der Waals surface area (Å²) in [6.07, 6.45) is 5.37. The van der Waals surface area contributed by atoms with Crippen LogP contribution >= 0.6 is 0 Å². The van der Waals surface area contributed by atoms with Crippen molar-refractivity contribution in [2.45, 2.75) is 13.8 Å². The van der Waals surface area contributed by atoms with Crippen LogP contribution in [-0.2, 0) is 0 Å². The van der Waals surface area contributed by atoms with Gasteiger partial charge in [0.2, 0.25) is 0 Å². The molecule has 0 radical (unpaired) electrons. The molecule has 5 nitrogen and oxygen atoms in total. The molecule has 0 unspecified atom stereocenters. The highest BCUT2D eigenvalue weighted by molar-refractivity contribution is 5.93. The van der Waals surface area contributed by atoms with Crippen LogP contribution in [0.5, 0.6) is 0 Å². The molecule has 4 aromatic heterocycles. The molecular weight excluding hydrogens is 310 g/mol. The molecule has 122 valence electrons. The first-order valence-electron chi connectivity index (χ1n) is 8.08. The van der Waals surface area contributed by atoms with Crippen LogP contribution in [0.1, 0.15) is 11.3 Å². The highest BCUT2D eigenvalue weighted by atomic mass is 14.9. The average Bonchev–Trinajstić information content (AvgIpc) is 2.63. The van der Waals surface area contributed by atoms with Crippen molar-refractivity contribution in [3.63, 3.8) is 0 Å². The van der Waals surface area contributed by atoms with Gasteiger partial charge in [-0.15, -0.1) is 0 Å². The summed E-state index contributed by atoms with van der Waals surface area (Å²) in [6, 6.07) is 13.8. The van der Waals surface area contributed by atoms with E-state index in [-0.39, 0.29) is 0 Å². The SMILES string of the molecule is Cc1cccc(-c2cc(Nc3ccncc3C)c3cccnc3n2)n1. The third-order valence-electron chi connectivity index (χ3n) is 4.02. The molecule has 0 aliphatic rings. The van der Waals surface area contributed by atoms with Gasteiger partial charge < -0.3 is 5.32 Å². The fraction of sp³-hybridized carbons (Fsp3) is 0.100. The molecule has 0 saturated carbocycles. The van der Waals surface area contributed by atoms with E-state index >= 15 is 0 Å². The van der Waals surface area contributed by atoms with Crippen LogP contribution in [0.2, 0.25) is 0 Å². The van der Waals surface area contributed by atoms with Crippen molar-refractivity contribution in [2.75, 3.05) is 5.32 Å². The Bertz CT molecular complexity index is 1060. The Morgan fingerprint density at radius 3 is 2.60 bits per heavy atom. The summed E-state index contributed by atoms with van der Waals surface area (Å²) in [7, 11) is 0. The van der Waals surface area contributed by atoms with Crippen molar-refractivity contribution in [2.24, 2.45) is 0 Å². The van der Waals surface area contributed by atoms with E-state index in [1.54, 1.807) is 12.4 Å². The van der Waals surface area contributed by atoms with E-state index in [1.165, 1.54) is 0 Å². The van der Waals surface area contributed by atoms with E-state index in [0.717, 1.165) is 39.4 Å². The van der Waals surface area contributed by atoms with Crippen LogP contribution in [0.25, 0.3) is 22.4 Å². The molecule has 25 heavy (non-hydrogen) atoms. The molecule has 0 saturated heterocycles. The van der Waals surface area contributed by atoms with Crippen molar-refractivity contribution in [3.05, 3.63) is 72.3 Å². The highest BCUT2D eigenvalue weighted by Crippen LogP contribution is 2.29. The molecule has 0 aromatic carbocycles. The Labute approximate surface area is 145 Å². The minimum Gasteiger partial charge on any atom is -0.355 e. The molecule has 0 spiro atoms. The standard InChI is InChI=1S/C20H17N5/c1-13-12-21-10-8-16(13)24-18-11-19(17-7-3-5-14(2)23-17)25-20-15(18)6-4-9-22-20/h3-12H,1-2H3,(H,21,22,24,25). The largest absolute Gasteiger partial charge is 0.355 e. The molecule has 1 N–H and O–H groups in total. The molecule has 4 aromatic rings. The zero-order valence-electron chi connectivity index (χ0n) is 14.1. The van der Waals surface area contributed by atoms with Gasteiger partial charge in [0.15, 0.2) is 5.65 Å². The quantitative estimate of drug-likeness (QED) is 0.602. The lowest BCUT2D eigenvalue weighted by atomic mass is 10.1. The maximum absolute atomic E-state index is 4.69. The van der Waals surface area contributed by atoms with Crippen molar-refractivity contribution >= 4 is 22.4 Å². The molecule has 4 heterocycles. The van der Waals surface area contributed by atoms with E-state index in [2.05, 4.69) is 25.3 Å². The third kappa shape index (κ3) is 3.04. The minimum absolute atomic E-state index is 0.692. The number of pyridine rings is 4. The van der Waals surface area contributed by atoms with Crippen molar-refractivity contribution in [3.8, 4) is 11.4 Å². The van der Waals surface area contributed by atoms with Gasteiger partial charge >= 0.3 is 0 Å². The second-order valence-electron chi connectivity index (χ2n) is 5.91. The average molecular weight is 327 g/mol. The van der Waals surface area contributed by atoms with Crippen LogP contribution in [-0.4, -0.2) is 19.9 Å². The molecule has 5 heteroatoms. The third-order valence-corrected chi connectivity index (χ3v) is 4.02. The van der Waals surface area contributed by atoms with Crippen LogP contribution < -0.4 is 5.32 Å². The molecule has 0 atom stereocenters. The molecule has 0 fully saturated rings. The fourth-order valence-corrected chi connectivity index (χ4v) is 2.74. The van der Waals surface area contributed by atoms with Gasteiger partial charge in [-0.25, -0.2) is 9.97 Å². The van der Waals surface area contributed by atoms with Gasteiger partial charge in [0.1, 0.15) is 0 Å². The van der Waals surface area contributed by atoms with Crippen LogP contribution in [0.3, 0.4) is 0 Å². The molecule has 4 rings (SSSR count). The predicted octanol–water partition coefficient (Wildman–Crippen LogP) is 4.45. The van der Waals surface area contributed by atoms with Gasteiger partial charge in [0.25, 0.3) is 0 Å². The Kier molecular flexibility index (Phi) is 3.82. The monoisotopic (exact) mass is 327 g/mol. The van der Waals surface area contributed by atoms with E-state index < -0.39 is 0 Å². The molecule has 0 bridgehead atoms. The minimum atomic E-state index is 0.692. The van der Waals surface area contributed by atoms with Crippen LogP contribution in [0.15, 0.2) is 61.1 Å². The van der Waals surface area contributed by atoms with Gasteiger partial charge in [-0.2, -0.15) is 0 Å². The lowest BCUT2D eigenvalue weighted by Gasteiger charge is -2.13. The van der Waals surface area contributed by atoms with E-state index in [0.29, 0.717) is 5.65 Å². The zero-order chi connectivity index (χ0) is 17.2. The number of nitrogens with zero attached hydrogens (tertiary/aromatic N) is 4. The first kappa shape index (κ1) is 15.2. The van der Waals surface area contributed by atoms with Gasteiger partial charge in [-0.1, -0.05) is 6.07 Å². The smallest absolute Gasteiger partial charge is 0.161 e. The van der Waals surface area contributed by atoms with Crippen molar-refractivity contribution < 1.29 is 0 Å². The summed E-state index contributed by atoms with van der Waals surface area (Å²) in [5.41, 5.74) is 6.32. The van der Waals surface area contributed by atoms with Gasteiger partial charge in [-0.3, -0.25) is 9.97 Å². The Hall–Kier alpha value is -3.34. The van der Waals surface area contributed by atoms with Crippen molar-refractivity contribution in [1.29, 1.82) is 0 Å². The zero-order valence-corrected chi connectivity index (χ0v) is 14.1. The summed E-state index contributed by atoms with van der Waals surface area (Å²) in [5.74, 6) is 0. The van der Waals surface area contributed by atoms with E-state index in [4.69, 9.17) is 0 Å². The molecule has 0 aliphatic heterocycles. The number of anilines is 2. The van der Waals surface area contributed by atoms with Gasteiger partial charge in [0.05, 0.1) is 17.1 Å². The maximum atomic E-state index is 4.69. The summed E-state index contributed by atoms with van der Waals surface area (Å²) < 4.78 is 0. The number of nitrogens with one attached hydrogen (secondary N) is 1. The summed E-state index contributed by atoms with van der Waals surface area (Å²) >= 11 is 0. The fourth-order valence-electron chi connectivity index (χ4n) is 2.74. The number of fused-ring (bicyclic) bond motifs is 1.